The minimum atomic E-state index is -0.284. The Hall–Kier alpha value is -1.82. The molecule has 0 aliphatic rings. The molecule has 0 saturated heterocycles. The van der Waals surface area contributed by atoms with Crippen LogP contribution in [0.25, 0.3) is 0 Å². The van der Waals surface area contributed by atoms with Crippen LogP contribution in [0.1, 0.15) is 61.4 Å². The summed E-state index contributed by atoms with van der Waals surface area (Å²) in [5.41, 5.74) is 1.87. The first-order chi connectivity index (χ1) is 10.2. The average molecular weight is 287 g/mol. The molecule has 1 aromatic rings. The first-order valence-electron chi connectivity index (χ1n) is 7.74. The van der Waals surface area contributed by atoms with Gasteiger partial charge in [-0.05, 0) is 43.9 Å². The van der Waals surface area contributed by atoms with E-state index in [9.17, 15) is 4.79 Å². The number of esters is 1. The molecule has 0 radical (unpaired) electrons. The van der Waals surface area contributed by atoms with E-state index in [1.54, 1.807) is 0 Å². The number of carbonyl (C=O) groups excluding carboxylic acids is 1. The molecule has 114 valence electrons. The van der Waals surface area contributed by atoms with Crippen LogP contribution in [0.4, 0.5) is 0 Å². The Balaban J connectivity index is 2.13. The Kier molecular flexibility index (Phi) is 8.19. The number of nitrogens with zero attached hydrogens (tertiary/aromatic N) is 1. The van der Waals surface area contributed by atoms with Crippen LogP contribution in [0.3, 0.4) is 0 Å². The molecule has 1 unspecified atom stereocenters. The third-order valence-corrected chi connectivity index (χ3v) is 3.70. The van der Waals surface area contributed by atoms with E-state index < -0.39 is 0 Å². The Morgan fingerprint density at radius 3 is 2.38 bits per heavy atom. The number of unbranched alkanes of at least 4 members (excludes halogenated alkanes) is 4. The van der Waals surface area contributed by atoms with Crippen molar-refractivity contribution in [3.05, 3.63) is 35.4 Å². The molecule has 3 heteroatoms. The van der Waals surface area contributed by atoms with Crippen molar-refractivity contribution >= 4 is 5.97 Å². The van der Waals surface area contributed by atoms with E-state index in [0.29, 0.717) is 5.56 Å². The zero-order valence-corrected chi connectivity index (χ0v) is 13.1. The van der Waals surface area contributed by atoms with Gasteiger partial charge in [0.25, 0.3) is 0 Å². The van der Waals surface area contributed by atoms with Crippen LogP contribution in [0.15, 0.2) is 24.3 Å². The summed E-state index contributed by atoms with van der Waals surface area (Å²) in [5, 5.41) is 8.69. The van der Waals surface area contributed by atoms with Gasteiger partial charge in [0.2, 0.25) is 0 Å². The second-order valence-electron chi connectivity index (χ2n) is 5.53. The Morgan fingerprint density at radius 2 is 1.76 bits per heavy atom. The fraction of sp³-hybridized carbons (Fsp3) is 0.556. The lowest BCUT2D eigenvalue weighted by Gasteiger charge is -2.04. The molecule has 0 saturated carbocycles. The number of ether oxygens (including phenoxy) is 1. The summed E-state index contributed by atoms with van der Waals surface area (Å²) in [7, 11) is 1.40. The molecule has 0 N–H and O–H groups in total. The lowest BCUT2D eigenvalue weighted by atomic mass is 10.0. The van der Waals surface area contributed by atoms with Crippen molar-refractivity contribution < 1.29 is 9.53 Å². The molecule has 1 aromatic carbocycles. The van der Waals surface area contributed by atoms with Crippen LogP contribution in [-0.4, -0.2) is 13.1 Å². The molecule has 0 aliphatic carbocycles. The Labute approximate surface area is 127 Å². The Bertz CT molecular complexity index is 459. The molecule has 0 spiro atoms. The number of methoxy groups -OCH3 is 1. The standard InChI is InChI=1S/C18H25NO2/c1-15(14-19)8-6-4-3-5-7-9-16-10-12-17(13-11-16)18(20)21-2/h10-13,15H,3-9H2,1-2H3. The molecular weight excluding hydrogens is 262 g/mol. The summed E-state index contributed by atoms with van der Waals surface area (Å²) < 4.78 is 4.68. The topological polar surface area (TPSA) is 50.1 Å². The van der Waals surface area contributed by atoms with Gasteiger partial charge in [0.15, 0.2) is 0 Å². The third kappa shape index (κ3) is 6.94. The summed E-state index contributed by atoms with van der Waals surface area (Å²) in [5.74, 6) is -0.0912. The first kappa shape index (κ1) is 17.2. The summed E-state index contributed by atoms with van der Waals surface area (Å²) in [6.45, 7) is 1.98. The number of hydrogen-bond acceptors (Lipinski definition) is 3. The predicted octanol–water partition coefficient (Wildman–Crippen LogP) is 4.52. The molecule has 21 heavy (non-hydrogen) atoms. The number of carbonyl (C=O) groups is 1. The van der Waals surface area contributed by atoms with Gasteiger partial charge in [-0.1, -0.05) is 37.8 Å². The van der Waals surface area contributed by atoms with Gasteiger partial charge in [0, 0.05) is 5.92 Å². The molecule has 1 rings (SSSR count). The van der Waals surface area contributed by atoms with Crippen LogP contribution in [0, 0.1) is 17.2 Å². The van der Waals surface area contributed by atoms with E-state index in [4.69, 9.17) is 5.26 Å². The van der Waals surface area contributed by atoms with Crippen molar-refractivity contribution in [3.8, 4) is 6.07 Å². The van der Waals surface area contributed by atoms with E-state index in [1.165, 1.54) is 38.4 Å². The minimum Gasteiger partial charge on any atom is -0.465 e. The first-order valence-corrected chi connectivity index (χ1v) is 7.74. The van der Waals surface area contributed by atoms with Crippen molar-refractivity contribution in [2.75, 3.05) is 7.11 Å². The zero-order chi connectivity index (χ0) is 15.5. The van der Waals surface area contributed by atoms with Crippen LogP contribution in [-0.2, 0) is 11.2 Å². The van der Waals surface area contributed by atoms with Crippen molar-refractivity contribution in [2.45, 2.75) is 51.9 Å². The molecule has 3 nitrogen and oxygen atoms in total. The van der Waals surface area contributed by atoms with Gasteiger partial charge in [-0.25, -0.2) is 4.79 Å². The number of rotatable bonds is 9. The molecule has 0 aliphatic heterocycles. The quantitative estimate of drug-likeness (QED) is 0.496. The van der Waals surface area contributed by atoms with Crippen molar-refractivity contribution in [3.63, 3.8) is 0 Å². The molecule has 0 heterocycles. The molecule has 1 atom stereocenters. The maximum Gasteiger partial charge on any atom is 0.337 e. The summed E-state index contributed by atoms with van der Waals surface area (Å²) in [6.07, 6.45) is 8.07. The van der Waals surface area contributed by atoms with E-state index >= 15 is 0 Å². The van der Waals surface area contributed by atoms with Crippen molar-refractivity contribution in [1.82, 2.24) is 0 Å². The average Bonchev–Trinajstić information content (AvgIpc) is 2.53. The van der Waals surface area contributed by atoms with Crippen LogP contribution in [0.5, 0.6) is 0 Å². The van der Waals surface area contributed by atoms with Crippen LogP contribution >= 0.6 is 0 Å². The maximum atomic E-state index is 11.3. The molecule has 0 amide bonds. The zero-order valence-electron chi connectivity index (χ0n) is 13.1. The smallest absolute Gasteiger partial charge is 0.337 e. The lowest BCUT2D eigenvalue weighted by molar-refractivity contribution is 0.0600. The van der Waals surface area contributed by atoms with Gasteiger partial charge in [-0.2, -0.15) is 5.26 Å². The van der Waals surface area contributed by atoms with Gasteiger partial charge in [-0.15, -0.1) is 0 Å². The van der Waals surface area contributed by atoms with E-state index in [1.807, 2.05) is 31.2 Å². The van der Waals surface area contributed by atoms with E-state index in [0.717, 1.165) is 19.3 Å². The van der Waals surface area contributed by atoms with Crippen molar-refractivity contribution in [1.29, 1.82) is 5.26 Å². The van der Waals surface area contributed by atoms with Gasteiger partial charge in [-0.3, -0.25) is 0 Å². The number of nitriles is 1. The number of benzene rings is 1. The second-order valence-corrected chi connectivity index (χ2v) is 5.53. The van der Waals surface area contributed by atoms with Crippen molar-refractivity contribution in [2.24, 2.45) is 5.92 Å². The van der Waals surface area contributed by atoms with Gasteiger partial charge in [0.05, 0.1) is 18.7 Å². The molecule has 0 fully saturated rings. The highest BCUT2D eigenvalue weighted by Crippen LogP contribution is 2.13. The second kappa shape index (κ2) is 9.99. The lowest BCUT2D eigenvalue weighted by Crippen LogP contribution is -2.00. The van der Waals surface area contributed by atoms with Gasteiger partial charge < -0.3 is 4.74 Å². The number of aryl methyl sites for hydroxylation is 1. The fourth-order valence-electron chi connectivity index (χ4n) is 2.30. The Morgan fingerprint density at radius 1 is 1.14 bits per heavy atom. The summed E-state index contributed by atoms with van der Waals surface area (Å²) in [4.78, 5) is 11.3. The normalized spacial score (nSPS) is 11.7. The largest absolute Gasteiger partial charge is 0.465 e. The van der Waals surface area contributed by atoms with Gasteiger partial charge >= 0.3 is 5.97 Å². The van der Waals surface area contributed by atoms with E-state index in [-0.39, 0.29) is 11.9 Å². The van der Waals surface area contributed by atoms with Gasteiger partial charge in [0.1, 0.15) is 0 Å². The maximum absolute atomic E-state index is 11.3. The highest BCUT2D eigenvalue weighted by atomic mass is 16.5. The van der Waals surface area contributed by atoms with E-state index in [2.05, 4.69) is 10.8 Å². The summed E-state index contributed by atoms with van der Waals surface area (Å²) >= 11 is 0. The summed E-state index contributed by atoms with van der Waals surface area (Å²) in [6, 6.07) is 9.92. The molecular formula is C18H25NO2. The fourth-order valence-corrected chi connectivity index (χ4v) is 2.30. The molecule has 0 aromatic heterocycles. The highest BCUT2D eigenvalue weighted by Gasteiger charge is 2.04. The molecule has 0 bridgehead atoms. The SMILES string of the molecule is COC(=O)c1ccc(CCCCCCCC(C)C#N)cc1. The number of hydrogen-bond donors (Lipinski definition) is 0. The third-order valence-electron chi connectivity index (χ3n) is 3.70. The highest BCUT2D eigenvalue weighted by molar-refractivity contribution is 5.89. The van der Waals surface area contributed by atoms with Crippen LogP contribution in [0.2, 0.25) is 0 Å². The predicted molar refractivity (Wildman–Crippen MR) is 84.0 cm³/mol. The van der Waals surface area contributed by atoms with Crippen LogP contribution < -0.4 is 0 Å². The monoisotopic (exact) mass is 287 g/mol. The minimum absolute atomic E-state index is 0.193.